The molecule has 0 atom stereocenters. The quantitative estimate of drug-likeness (QED) is 0.577. The van der Waals surface area contributed by atoms with Crippen LogP contribution in [0.2, 0.25) is 0 Å². The number of aromatic nitrogens is 1. The Labute approximate surface area is 95.1 Å². The summed E-state index contributed by atoms with van der Waals surface area (Å²) < 4.78 is 0. The maximum absolute atomic E-state index is 5.33. The molecule has 0 unspecified atom stereocenters. The van der Waals surface area contributed by atoms with Crippen molar-refractivity contribution in [2.75, 3.05) is 5.43 Å². The number of nitrogens with one attached hydrogen (secondary N) is 1. The van der Waals surface area contributed by atoms with Crippen molar-refractivity contribution in [1.82, 2.24) is 4.98 Å². The molecule has 1 heterocycles. The van der Waals surface area contributed by atoms with Gasteiger partial charge < -0.3 is 5.43 Å². The number of anilines is 1. The molecule has 2 aromatic rings. The van der Waals surface area contributed by atoms with Crippen LogP contribution in [0, 0.1) is 13.8 Å². The number of hydrogen-bond acceptors (Lipinski definition) is 3. The highest BCUT2D eigenvalue weighted by Crippen LogP contribution is 2.20. The van der Waals surface area contributed by atoms with Crippen molar-refractivity contribution in [1.29, 1.82) is 0 Å². The van der Waals surface area contributed by atoms with Gasteiger partial charge in [-0.05, 0) is 37.6 Å². The lowest BCUT2D eigenvalue weighted by molar-refractivity contribution is 1.25. The van der Waals surface area contributed by atoms with Gasteiger partial charge in [0.05, 0.1) is 5.52 Å². The maximum Gasteiger partial charge on any atom is 0.140 e. The lowest BCUT2D eigenvalue weighted by Crippen LogP contribution is -2.08. The van der Waals surface area contributed by atoms with Crippen molar-refractivity contribution in [3.05, 3.63) is 35.4 Å². The van der Waals surface area contributed by atoms with Crippen LogP contribution in [0.25, 0.3) is 10.9 Å². The second-order valence-electron chi connectivity index (χ2n) is 3.49. The molecule has 0 aliphatic heterocycles. The molecule has 0 radical (unpaired) electrons. The van der Waals surface area contributed by atoms with Crippen LogP contribution >= 0.6 is 12.4 Å². The Morgan fingerprint density at radius 2 is 1.93 bits per heavy atom. The first-order chi connectivity index (χ1) is 6.70. The predicted octanol–water partition coefficient (Wildman–Crippen LogP) is 2.56. The van der Waals surface area contributed by atoms with E-state index in [0.717, 1.165) is 5.52 Å². The number of benzene rings is 1. The first kappa shape index (κ1) is 11.8. The fourth-order valence-corrected chi connectivity index (χ4v) is 1.58. The fraction of sp³-hybridized carbons (Fsp3) is 0.182. The second-order valence-corrected chi connectivity index (χ2v) is 3.49. The molecule has 3 nitrogen and oxygen atoms in total. The van der Waals surface area contributed by atoms with Gasteiger partial charge in [0.2, 0.25) is 0 Å². The van der Waals surface area contributed by atoms with Crippen LogP contribution in [0.1, 0.15) is 11.1 Å². The number of hydrogen-bond donors (Lipinski definition) is 2. The van der Waals surface area contributed by atoms with E-state index >= 15 is 0 Å². The zero-order chi connectivity index (χ0) is 10.1. The largest absolute Gasteiger partial charge is 0.308 e. The summed E-state index contributed by atoms with van der Waals surface area (Å²) in [6.45, 7) is 4.14. The summed E-state index contributed by atoms with van der Waals surface area (Å²) in [4.78, 5) is 4.36. The van der Waals surface area contributed by atoms with E-state index in [1.54, 1.807) is 0 Å². The number of nitrogens with two attached hydrogens (primary N) is 1. The molecule has 1 aromatic carbocycles. The van der Waals surface area contributed by atoms with Gasteiger partial charge >= 0.3 is 0 Å². The molecule has 0 spiro atoms. The Hall–Kier alpha value is -1.32. The van der Waals surface area contributed by atoms with Crippen LogP contribution in [0.3, 0.4) is 0 Å². The normalized spacial score (nSPS) is 9.80. The Morgan fingerprint density at radius 1 is 1.20 bits per heavy atom. The molecular weight excluding hydrogens is 210 g/mol. The highest BCUT2D eigenvalue weighted by molar-refractivity contribution is 5.85. The predicted molar refractivity (Wildman–Crippen MR) is 66.3 cm³/mol. The van der Waals surface area contributed by atoms with E-state index in [1.165, 1.54) is 16.5 Å². The standard InChI is InChI=1S/C11H13N3.ClH/c1-7-3-4-10-9(5-7)8(2)6-11(13-10)14-12;/h3-6H,12H2,1-2H3,(H,13,14);1H. The Balaban J connectivity index is 0.00000112. The number of fused-ring (bicyclic) bond motifs is 1. The van der Waals surface area contributed by atoms with Gasteiger partial charge in [-0.15, -0.1) is 12.4 Å². The number of aryl methyl sites for hydroxylation is 2. The smallest absolute Gasteiger partial charge is 0.140 e. The zero-order valence-electron chi connectivity index (χ0n) is 8.74. The third-order valence-corrected chi connectivity index (χ3v) is 2.32. The van der Waals surface area contributed by atoms with Gasteiger partial charge in [0.15, 0.2) is 0 Å². The third-order valence-electron chi connectivity index (χ3n) is 2.32. The molecule has 0 saturated carbocycles. The molecule has 0 aliphatic rings. The minimum atomic E-state index is 0. The molecule has 0 amide bonds. The number of nitrogen functional groups attached to an aromatic ring is 1. The summed E-state index contributed by atoms with van der Waals surface area (Å²) in [7, 11) is 0. The molecule has 0 aliphatic carbocycles. The minimum absolute atomic E-state index is 0. The molecule has 4 heteroatoms. The zero-order valence-corrected chi connectivity index (χ0v) is 9.56. The van der Waals surface area contributed by atoms with Crippen molar-refractivity contribution >= 4 is 29.1 Å². The molecule has 3 N–H and O–H groups in total. The topological polar surface area (TPSA) is 50.9 Å². The lowest BCUT2D eigenvalue weighted by Gasteiger charge is -2.06. The fourth-order valence-electron chi connectivity index (χ4n) is 1.58. The molecule has 0 saturated heterocycles. The van der Waals surface area contributed by atoms with E-state index in [2.05, 4.69) is 36.4 Å². The molecule has 80 valence electrons. The van der Waals surface area contributed by atoms with Crippen LogP contribution in [-0.4, -0.2) is 4.98 Å². The van der Waals surface area contributed by atoms with Gasteiger partial charge in [0, 0.05) is 5.39 Å². The van der Waals surface area contributed by atoms with Crippen molar-refractivity contribution in [3.8, 4) is 0 Å². The summed E-state index contributed by atoms with van der Waals surface area (Å²) in [5.74, 6) is 6.03. The number of rotatable bonds is 1. The first-order valence-corrected chi connectivity index (χ1v) is 4.55. The highest BCUT2D eigenvalue weighted by atomic mass is 35.5. The Morgan fingerprint density at radius 3 is 2.60 bits per heavy atom. The maximum atomic E-state index is 5.33. The van der Waals surface area contributed by atoms with Crippen LogP contribution < -0.4 is 11.3 Å². The minimum Gasteiger partial charge on any atom is -0.308 e. The van der Waals surface area contributed by atoms with Crippen molar-refractivity contribution in [2.24, 2.45) is 5.84 Å². The van der Waals surface area contributed by atoms with Crippen molar-refractivity contribution in [3.63, 3.8) is 0 Å². The van der Waals surface area contributed by atoms with Crippen molar-refractivity contribution in [2.45, 2.75) is 13.8 Å². The number of hydrazine groups is 1. The second kappa shape index (κ2) is 4.47. The van der Waals surface area contributed by atoms with Crippen LogP contribution in [0.15, 0.2) is 24.3 Å². The average molecular weight is 224 g/mol. The molecule has 1 aromatic heterocycles. The van der Waals surface area contributed by atoms with Crippen LogP contribution in [-0.2, 0) is 0 Å². The van der Waals surface area contributed by atoms with E-state index < -0.39 is 0 Å². The van der Waals surface area contributed by atoms with E-state index in [9.17, 15) is 0 Å². The number of halogens is 1. The van der Waals surface area contributed by atoms with E-state index in [4.69, 9.17) is 5.84 Å². The summed E-state index contributed by atoms with van der Waals surface area (Å²) in [5, 5.41) is 1.18. The van der Waals surface area contributed by atoms with E-state index in [-0.39, 0.29) is 12.4 Å². The Kier molecular flexibility index (Phi) is 3.50. The first-order valence-electron chi connectivity index (χ1n) is 4.55. The average Bonchev–Trinajstić information content (AvgIpc) is 2.19. The monoisotopic (exact) mass is 223 g/mol. The molecule has 0 fully saturated rings. The van der Waals surface area contributed by atoms with Gasteiger partial charge in [-0.2, -0.15) is 0 Å². The van der Waals surface area contributed by atoms with Gasteiger partial charge in [-0.3, -0.25) is 0 Å². The van der Waals surface area contributed by atoms with E-state index in [1.807, 2.05) is 12.1 Å². The Bertz CT molecular complexity index is 482. The SMILES string of the molecule is Cc1ccc2nc(NN)cc(C)c2c1.Cl. The van der Waals surface area contributed by atoms with E-state index in [0.29, 0.717) is 5.82 Å². The highest BCUT2D eigenvalue weighted by Gasteiger charge is 2.01. The van der Waals surface area contributed by atoms with Gasteiger partial charge in [0.25, 0.3) is 0 Å². The molecule has 15 heavy (non-hydrogen) atoms. The van der Waals surface area contributed by atoms with Gasteiger partial charge in [-0.1, -0.05) is 11.6 Å². The number of nitrogens with zero attached hydrogens (tertiary/aromatic N) is 1. The molecular formula is C11H14ClN3. The third kappa shape index (κ3) is 2.19. The van der Waals surface area contributed by atoms with Gasteiger partial charge in [-0.25, -0.2) is 10.8 Å². The van der Waals surface area contributed by atoms with Gasteiger partial charge in [0.1, 0.15) is 5.82 Å². The summed E-state index contributed by atoms with van der Waals surface area (Å²) >= 11 is 0. The van der Waals surface area contributed by atoms with Crippen LogP contribution in [0.5, 0.6) is 0 Å². The van der Waals surface area contributed by atoms with Crippen molar-refractivity contribution < 1.29 is 0 Å². The molecule has 0 bridgehead atoms. The lowest BCUT2D eigenvalue weighted by atomic mass is 10.1. The molecule has 2 rings (SSSR count). The van der Waals surface area contributed by atoms with Crippen LogP contribution in [0.4, 0.5) is 5.82 Å². The summed E-state index contributed by atoms with van der Waals surface area (Å²) in [5.41, 5.74) is 5.97. The summed E-state index contributed by atoms with van der Waals surface area (Å²) in [6.07, 6.45) is 0. The summed E-state index contributed by atoms with van der Waals surface area (Å²) in [6, 6.07) is 8.15. The number of pyridine rings is 1.